The van der Waals surface area contributed by atoms with E-state index in [0.717, 1.165) is 4.88 Å². The number of anilines is 2. The summed E-state index contributed by atoms with van der Waals surface area (Å²) in [6, 6.07) is 2.92. The highest BCUT2D eigenvalue weighted by Crippen LogP contribution is 2.26. The standard InChI is InChI=1S/C16H19N5O2S2/c1-10-7-18-16(25-10)19-14(22)12-8-24-9-21(12)15(23)11-4-5-17-13(6-11)20(2)3/h4-7,12H,8-9H2,1-3H3,(H,18,19,22). The first kappa shape index (κ1) is 17.7. The molecule has 9 heteroatoms. The van der Waals surface area contributed by atoms with E-state index in [2.05, 4.69) is 15.3 Å². The van der Waals surface area contributed by atoms with Gasteiger partial charge in [0, 0.05) is 42.7 Å². The number of rotatable bonds is 4. The number of amides is 2. The van der Waals surface area contributed by atoms with Crippen LogP contribution in [0.1, 0.15) is 15.2 Å². The minimum absolute atomic E-state index is 0.161. The SMILES string of the molecule is Cc1cnc(NC(=O)C2CSCN2C(=O)c2ccnc(N(C)C)c2)s1. The Balaban J connectivity index is 1.75. The highest BCUT2D eigenvalue weighted by Gasteiger charge is 2.35. The summed E-state index contributed by atoms with van der Waals surface area (Å²) in [7, 11) is 3.74. The average Bonchev–Trinajstić information content (AvgIpc) is 3.23. The molecule has 1 aliphatic rings. The molecule has 1 aliphatic heterocycles. The molecule has 1 saturated heterocycles. The second kappa shape index (κ2) is 7.40. The summed E-state index contributed by atoms with van der Waals surface area (Å²) in [6.45, 7) is 1.93. The molecule has 3 rings (SSSR count). The molecule has 7 nitrogen and oxygen atoms in total. The highest BCUT2D eigenvalue weighted by molar-refractivity contribution is 7.99. The zero-order chi connectivity index (χ0) is 18.0. The molecule has 0 aromatic carbocycles. The van der Waals surface area contributed by atoms with Gasteiger partial charge in [-0.3, -0.25) is 9.59 Å². The maximum atomic E-state index is 12.9. The summed E-state index contributed by atoms with van der Waals surface area (Å²) >= 11 is 2.99. The first-order chi connectivity index (χ1) is 12.0. The zero-order valence-corrected chi connectivity index (χ0v) is 15.9. The number of pyridine rings is 1. The zero-order valence-electron chi connectivity index (χ0n) is 14.2. The van der Waals surface area contributed by atoms with Crippen molar-refractivity contribution >= 4 is 45.9 Å². The molecule has 1 atom stereocenters. The van der Waals surface area contributed by atoms with E-state index in [1.54, 1.807) is 41.2 Å². The van der Waals surface area contributed by atoms with Crippen LogP contribution in [0.25, 0.3) is 0 Å². The molecule has 0 radical (unpaired) electrons. The minimum atomic E-state index is -0.502. The van der Waals surface area contributed by atoms with E-state index >= 15 is 0 Å². The Morgan fingerprint density at radius 3 is 2.84 bits per heavy atom. The van der Waals surface area contributed by atoms with Crippen molar-refractivity contribution in [2.24, 2.45) is 0 Å². The lowest BCUT2D eigenvalue weighted by molar-refractivity contribution is -0.119. The predicted molar refractivity (Wildman–Crippen MR) is 101 cm³/mol. The molecule has 0 bridgehead atoms. The van der Waals surface area contributed by atoms with Gasteiger partial charge < -0.3 is 15.1 Å². The number of nitrogens with one attached hydrogen (secondary N) is 1. The van der Waals surface area contributed by atoms with Crippen molar-refractivity contribution in [2.45, 2.75) is 13.0 Å². The normalized spacial score (nSPS) is 16.8. The third kappa shape index (κ3) is 3.93. The Labute approximate surface area is 154 Å². The third-order valence-corrected chi connectivity index (χ3v) is 5.59. The van der Waals surface area contributed by atoms with Crippen molar-refractivity contribution in [3.05, 3.63) is 35.0 Å². The van der Waals surface area contributed by atoms with Gasteiger partial charge in [-0.1, -0.05) is 0 Å². The Morgan fingerprint density at radius 1 is 1.36 bits per heavy atom. The number of carbonyl (C=O) groups excluding carboxylic acids is 2. The van der Waals surface area contributed by atoms with E-state index in [-0.39, 0.29) is 11.8 Å². The topological polar surface area (TPSA) is 78.4 Å². The lowest BCUT2D eigenvalue weighted by Crippen LogP contribution is -2.44. The summed E-state index contributed by atoms with van der Waals surface area (Å²) in [4.78, 5) is 38.3. The molecular formula is C16H19N5O2S2. The van der Waals surface area contributed by atoms with Gasteiger partial charge in [0.25, 0.3) is 5.91 Å². The highest BCUT2D eigenvalue weighted by atomic mass is 32.2. The Morgan fingerprint density at radius 2 is 2.16 bits per heavy atom. The van der Waals surface area contributed by atoms with Gasteiger partial charge in [0.15, 0.2) is 5.13 Å². The summed E-state index contributed by atoms with van der Waals surface area (Å²) in [6.07, 6.45) is 3.32. The number of aryl methyl sites for hydroxylation is 1. The van der Waals surface area contributed by atoms with Crippen LogP contribution < -0.4 is 10.2 Å². The van der Waals surface area contributed by atoms with Crippen LogP contribution in [0, 0.1) is 6.92 Å². The maximum Gasteiger partial charge on any atom is 0.255 e. The number of thiazole rings is 1. The fraction of sp³-hybridized carbons (Fsp3) is 0.375. The van der Waals surface area contributed by atoms with Gasteiger partial charge in [0.2, 0.25) is 5.91 Å². The van der Waals surface area contributed by atoms with Crippen molar-refractivity contribution < 1.29 is 9.59 Å². The quantitative estimate of drug-likeness (QED) is 0.879. The van der Waals surface area contributed by atoms with E-state index in [1.165, 1.54) is 11.3 Å². The van der Waals surface area contributed by atoms with Crippen LogP contribution >= 0.6 is 23.1 Å². The minimum Gasteiger partial charge on any atom is -0.363 e. The Bertz CT molecular complexity index is 792. The molecular weight excluding hydrogens is 358 g/mol. The Hall–Kier alpha value is -2.13. The second-order valence-electron chi connectivity index (χ2n) is 5.85. The lowest BCUT2D eigenvalue weighted by Gasteiger charge is -2.23. The second-order valence-corrected chi connectivity index (χ2v) is 8.09. The summed E-state index contributed by atoms with van der Waals surface area (Å²) in [5.74, 6) is 1.42. The number of nitrogens with zero attached hydrogens (tertiary/aromatic N) is 4. The van der Waals surface area contributed by atoms with Crippen LogP contribution in [0.5, 0.6) is 0 Å². The van der Waals surface area contributed by atoms with Gasteiger partial charge in [-0.25, -0.2) is 9.97 Å². The molecule has 1 unspecified atom stereocenters. The molecule has 2 amide bonds. The van der Waals surface area contributed by atoms with Gasteiger partial charge in [-0.15, -0.1) is 23.1 Å². The average molecular weight is 377 g/mol. The Kier molecular flexibility index (Phi) is 5.24. The summed E-state index contributed by atoms with van der Waals surface area (Å²) in [5, 5.41) is 3.37. The molecule has 25 heavy (non-hydrogen) atoms. The van der Waals surface area contributed by atoms with Crippen LogP contribution in [-0.4, -0.2) is 58.4 Å². The number of aromatic nitrogens is 2. The van der Waals surface area contributed by atoms with Gasteiger partial charge in [-0.2, -0.15) is 0 Å². The molecule has 0 spiro atoms. The van der Waals surface area contributed by atoms with Gasteiger partial charge in [0.05, 0.1) is 5.88 Å². The fourth-order valence-electron chi connectivity index (χ4n) is 2.42. The van der Waals surface area contributed by atoms with Crippen molar-refractivity contribution in [3.63, 3.8) is 0 Å². The predicted octanol–water partition coefficient (Wildman–Crippen LogP) is 2.07. The summed E-state index contributed by atoms with van der Waals surface area (Å²) < 4.78 is 0. The van der Waals surface area contributed by atoms with E-state index in [4.69, 9.17) is 0 Å². The number of hydrogen-bond donors (Lipinski definition) is 1. The van der Waals surface area contributed by atoms with Gasteiger partial charge in [0.1, 0.15) is 11.9 Å². The summed E-state index contributed by atoms with van der Waals surface area (Å²) in [5.41, 5.74) is 0.532. The number of thioether (sulfide) groups is 1. The van der Waals surface area contributed by atoms with Crippen LogP contribution in [0.4, 0.5) is 10.9 Å². The van der Waals surface area contributed by atoms with Crippen LogP contribution in [0.3, 0.4) is 0 Å². The first-order valence-corrected chi connectivity index (χ1v) is 9.68. The van der Waals surface area contributed by atoms with Crippen LogP contribution in [-0.2, 0) is 4.79 Å². The molecule has 1 fully saturated rings. The van der Waals surface area contributed by atoms with Crippen LogP contribution in [0.2, 0.25) is 0 Å². The van der Waals surface area contributed by atoms with Crippen molar-refractivity contribution in [3.8, 4) is 0 Å². The van der Waals surface area contributed by atoms with E-state index in [0.29, 0.717) is 28.1 Å². The van der Waals surface area contributed by atoms with Crippen molar-refractivity contribution in [1.29, 1.82) is 0 Å². The van der Waals surface area contributed by atoms with Crippen molar-refractivity contribution in [1.82, 2.24) is 14.9 Å². The lowest BCUT2D eigenvalue weighted by atomic mass is 10.2. The van der Waals surface area contributed by atoms with Gasteiger partial charge >= 0.3 is 0 Å². The monoisotopic (exact) mass is 377 g/mol. The van der Waals surface area contributed by atoms with E-state index in [1.807, 2.05) is 25.9 Å². The number of hydrogen-bond acceptors (Lipinski definition) is 7. The molecule has 132 valence electrons. The largest absolute Gasteiger partial charge is 0.363 e. The maximum absolute atomic E-state index is 12.9. The molecule has 2 aromatic rings. The molecule has 3 heterocycles. The van der Waals surface area contributed by atoms with E-state index < -0.39 is 6.04 Å². The van der Waals surface area contributed by atoms with Crippen molar-refractivity contribution in [2.75, 3.05) is 35.9 Å². The molecule has 1 N–H and O–H groups in total. The van der Waals surface area contributed by atoms with Crippen LogP contribution in [0.15, 0.2) is 24.5 Å². The third-order valence-electron chi connectivity index (χ3n) is 3.75. The fourth-order valence-corrected chi connectivity index (χ4v) is 4.24. The molecule has 0 saturated carbocycles. The number of carbonyl (C=O) groups is 2. The van der Waals surface area contributed by atoms with E-state index in [9.17, 15) is 9.59 Å². The molecule has 2 aromatic heterocycles. The first-order valence-electron chi connectivity index (χ1n) is 7.71. The van der Waals surface area contributed by atoms with Gasteiger partial charge in [-0.05, 0) is 19.1 Å². The molecule has 0 aliphatic carbocycles. The smallest absolute Gasteiger partial charge is 0.255 e.